The molecule has 0 aliphatic heterocycles. The van der Waals surface area contributed by atoms with Gasteiger partial charge in [-0.15, -0.1) is 0 Å². The van der Waals surface area contributed by atoms with Crippen molar-refractivity contribution in [1.82, 2.24) is 5.32 Å². The van der Waals surface area contributed by atoms with Crippen LogP contribution in [0.3, 0.4) is 0 Å². The Kier molecular flexibility index (Phi) is 7.04. The molecule has 0 radical (unpaired) electrons. The molecule has 0 unspecified atom stereocenters. The van der Waals surface area contributed by atoms with Crippen LogP contribution in [-0.4, -0.2) is 25.6 Å². The number of benzene rings is 2. The average molecular weight is 360 g/mol. The fourth-order valence-electron chi connectivity index (χ4n) is 1.99. The second-order valence-electron chi connectivity index (χ2n) is 5.12. The Morgan fingerprint density at radius 3 is 2.72 bits per heavy atom. The van der Waals surface area contributed by atoms with E-state index in [4.69, 9.17) is 21.1 Å². The summed E-state index contributed by atoms with van der Waals surface area (Å²) in [6.07, 6.45) is 2.85. The monoisotopic (exact) mass is 359 g/mol. The molecule has 0 bridgehead atoms. The molecule has 0 atom stereocenters. The van der Waals surface area contributed by atoms with Gasteiger partial charge in [0.05, 0.1) is 7.11 Å². The van der Waals surface area contributed by atoms with Crippen LogP contribution in [0.25, 0.3) is 6.08 Å². The lowest BCUT2D eigenvalue weighted by atomic mass is 10.2. The van der Waals surface area contributed by atoms with Crippen LogP contribution in [0.4, 0.5) is 0 Å². The number of hydrogen-bond donors (Lipinski definition) is 1. The highest BCUT2D eigenvalue weighted by atomic mass is 35.5. The van der Waals surface area contributed by atoms with Crippen LogP contribution in [0.15, 0.2) is 54.6 Å². The molecule has 25 heavy (non-hydrogen) atoms. The number of amides is 1. The fourth-order valence-corrected chi connectivity index (χ4v) is 2.21. The number of carbonyl (C=O) groups is 2. The predicted molar refractivity (Wildman–Crippen MR) is 96.3 cm³/mol. The molecule has 0 spiro atoms. The predicted octanol–water partition coefficient (Wildman–Crippen LogP) is 3.22. The first kappa shape index (κ1) is 18.5. The van der Waals surface area contributed by atoms with Crippen LogP contribution >= 0.6 is 11.6 Å². The van der Waals surface area contributed by atoms with Crippen molar-refractivity contribution in [3.63, 3.8) is 0 Å². The largest absolute Gasteiger partial charge is 0.497 e. The van der Waals surface area contributed by atoms with Gasteiger partial charge in [-0.05, 0) is 41.5 Å². The summed E-state index contributed by atoms with van der Waals surface area (Å²) in [5, 5.41) is 3.25. The number of methoxy groups -OCH3 is 1. The Morgan fingerprint density at radius 2 is 1.96 bits per heavy atom. The van der Waals surface area contributed by atoms with Crippen LogP contribution in [-0.2, 0) is 20.9 Å². The van der Waals surface area contributed by atoms with Crippen molar-refractivity contribution >= 4 is 29.6 Å². The molecule has 1 amide bonds. The smallest absolute Gasteiger partial charge is 0.331 e. The van der Waals surface area contributed by atoms with Crippen molar-refractivity contribution in [2.75, 3.05) is 13.7 Å². The molecule has 2 aromatic carbocycles. The molecular formula is C19H18ClNO4. The zero-order valence-corrected chi connectivity index (χ0v) is 14.5. The zero-order chi connectivity index (χ0) is 18.1. The molecule has 0 aromatic heterocycles. The number of esters is 1. The molecule has 0 aliphatic carbocycles. The highest BCUT2D eigenvalue weighted by molar-refractivity contribution is 6.30. The van der Waals surface area contributed by atoms with Gasteiger partial charge in [0.25, 0.3) is 5.91 Å². The first-order valence-corrected chi connectivity index (χ1v) is 7.94. The van der Waals surface area contributed by atoms with Crippen LogP contribution in [0.2, 0.25) is 5.02 Å². The van der Waals surface area contributed by atoms with Crippen molar-refractivity contribution in [1.29, 1.82) is 0 Å². The summed E-state index contributed by atoms with van der Waals surface area (Å²) in [6, 6.07) is 14.4. The van der Waals surface area contributed by atoms with E-state index >= 15 is 0 Å². The van der Waals surface area contributed by atoms with Crippen molar-refractivity contribution in [2.24, 2.45) is 0 Å². The topological polar surface area (TPSA) is 64.6 Å². The molecule has 2 rings (SSSR count). The molecule has 0 heterocycles. The van der Waals surface area contributed by atoms with Crippen molar-refractivity contribution in [3.8, 4) is 5.75 Å². The number of nitrogens with one attached hydrogen (secondary N) is 1. The summed E-state index contributed by atoms with van der Waals surface area (Å²) in [5.74, 6) is -0.292. The van der Waals surface area contributed by atoms with E-state index in [1.807, 2.05) is 18.2 Å². The molecule has 0 fully saturated rings. The maximum atomic E-state index is 11.7. The van der Waals surface area contributed by atoms with Crippen LogP contribution < -0.4 is 10.1 Å². The minimum atomic E-state index is -0.597. The van der Waals surface area contributed by atoms with Gasteiger partial charge >= 0.3 is 5.97 Å². The van der Waals surface area contributed by atoms with E-state index < -0.39 is 5.97 Å². The van der Waals surface area contributed by atoms with E-state index in [-0.39, 0.29) is 12.5 Å². The molecule has 1 N–H and O–H groups in total. The van der Waals surface area contributed by atoms with E-state index in [0.717, 1.165) is 11.1 Å². The molecule has 6 heteroatoms. The van der Waals surface area contributed by atoms with Gasteiger partial charge < -0.3 is 14.8 Å². The van der Waals surface area contributed by atoms with Gasteiger partial charge in [-0.3, -0.25) is 4.79 Å². The summed E-state index contributed by atoms with van der Waals surface area (Å²) in [6.45, 7) is -0.0293. The standard InChI is InChI=1S/C19H18ClNO4/c1-24-17-7-3-4-14(11-17)8-9-19(23)25-13-18(22)21-12-15-5-2-6-16(20)10-15/h2-11H,12-13H2,1H3,(H,21,22)/b9-8+. The summed E-state index contributed by atoms with van der Waals surface area (Å²) < 4.78 is 10.00. The van der Waals surface area contributed by atoms with E-state index in [0.29, 0.717) is 17.3 Å². The summed E-state index contributed by atoms with van der Waals surface area (Å²) in [4.78, 5) is 23.4. The van der Waals surface area contributed by atoms with Crippen LogP contribution in [0, 0.1) is 0 Å². The van der Waals surface area contributed by atoms with Gasteiger partial charge in [-0.1, -0.05) is 35.9 Å². The Morgan fingerprint density at radius 1 is 1.16 bits per heavy atom. The van der Waals surface area contributed by atoms with E-state index in [9.17, 15) is 9.59 Å². The molecular weight excluding hydrogens is 342 g/mol. The lowest BCUT2D eigenvalue weighted by Gasteiger charge is -2.06. The van der Waals surface area contributed by atoms with Crippen LogP contribution in [0.5, 0.6) is 5.75 Å². The molecule has 2 aromatic rings. The highest BCUT2D eigenvalue weighted by Crippen LogP contribution is 2.13. The molecule has 5 nitrogen and oxygen atoms in total. The second kappa shape index (κ2) is 9.49. The third-order valence-corrected chi connectivity index (χ3v) is 3.46. The number of ether oxygens (including phenoxy) is 2. The first-order valence-electron chi connectivity index (χ1n) is 7.57. The third-order valence-electron chi connectivity index (χ3n) is 3.23. The lowest BCUT2D eigenvalue weighted by Crippen LogP contribution is -2.28. The first-order chi connectivity index (χ1) is 12.1. The van der Waals surface area contributed by atoms with Gasteiger partial charge in [0, 0.05) is 17.6 Å². The number of halogens is 1. The summed E-state index contributed by atoms with van der Waals surface area (Å²) in [7, 11) is 1.57. The maximum absolute atomic E-state index is 11.7. The third kappa shape index (κ3) is 6.69. The van der Waals surface area contributed by atoms with Crippen molar-refractivity contribution < 1.29 is 19.1 Å². The Bertz CT molecular complexity index is 774. The van der Waals surface area contributed by atoms with Crippen molar-refractivity contribution in [3.05, 3.63) is 70.8 Å². The van der Waals surface area contributed by atoms with E-state index in [1.54, 1.807) is 43.5 Å². The van der Waals surface area contributed by atoms with Gasteiger partial charge in [0.1, 0.15) is 5.75 Å². The van der Waals surface area contributed by atoms with E-state index in [2.05, 4.69) is 5.32 Å². The minimum Gasteiger partial charge on any atom is -0.497 e. The highest BCUT2D eigenvalue weighted by Gasteiger charge is 2.05. The fraction of sp³-hybridized carbons (Fsp3) is 0.158. The van der Waals surface area contributed by atoms with Gasteiger partial charge in [0.2, 0.25) is 0 Å². The average Bonchev–Trinajstić information content (AvgIpc) is 2.63. The number of hydrogen-bond acceptors (Lipinski definition) is 4. The maximum Gasteiger partial charge on any atom is 0.331 e. The SMILES string of the molecule is COc1cccc(/C=C/C(=O)OCC(=O)NCc2cccc(Cl)c2)c1. The number of rotatable bonds is 7. The molecule has 0 saturated heterocycles. The molecule has 0 aliphatic rings. The van der Waals surface area contributed by atoms with Gasteiger partial charge in [0.15, 0.2) is 6.61 Å². The lowest BCUT2D eigenvalue weighted by molar-refractivity contribution is -0.143. The Hall–Kier alpha value is -2.79. The van der Waals surface area contributed by atoms with Gasteiger partial charge in [-0.25, -0.2) is 4.79 Å². The normalized spacial score (nSPS) is 10.5. The number of carbonyl (C=O) groups excluding carboxylic acids is 2. The summed E-state index contributed by atoms with van der Waals surface area (Å²) >= 11 is 5.87. The van der Waals surface area contributed by atoms with Crippen molar-refractivity contribution in [2.45, 2.75) is 6.54 Å². The Labute approximate surface area is 151 Å². The quantitative estimate of drug-likeness (QED) is 0.609. The second-order valence-corrected chi connectivity index (χ2v) is 5.56. The summed E-state index contributed by atoms with van der Waals surface area (Å²) in [5.41, 5.74) is 1.66. The minimum absolute atomic E-state index is 0.316. The zero-order valence-electron chi connectivity index (χ0n) is 13.7. The molecule has 0 saturated carbocycles. The van der Waals surface area contributed by atoms with Gasteiger partial charge in [-0.2, -0.15) is 0 Å². The van der Waals surface area contributed by atoms with E-state index in [1.165, 1.54) is 6.08 Å². The molecule has 130 valence electrons. The Balaban J connectivity index is 1.75. The van der Waals surface area contributed by atoms with Crippen LogP contribution in [0.1, 0.15) is 11.1 Å².